The molecule has 0 aliphatic carbocycles. The lowest BCUT2D eigenvalue weighted by Crippen LogP contribution is -2.44. The van der Waals surface area contributed by atoms with Crippen LogP contribution >= 0.6 is 15.9 Å². The highest BCUT2D eigenvalue weighted by Crippen LogP contribution is 2.35. The van der Waals surface area contributed by atoms with Gasteiger partial charge in [0.2, 0.25) is 0 Å². The van der Waals surface area contributed by atoms with Crippen LogP contribution in [0.4, 0.5) is 0 Å². The van der Waals surface area contributed by atoms with Gasteiger partial charge >= 0.3 is 5.97 Å². The van der Waals surface area contributed by atoms with Crippen molar-refractivity contribution >= 4 is 21.9 Å². The molecular weight excluding hydrogens is 296 g/mol. The van der Waals surface area contributed by atoms with Crippen LogP contribution < -0.4 is 0 Å². The molecule has 0 bridgehead atoms. The zero-order chi connectivity index (χ0) is 12.8. The number of carbonyl (C=O) groups is 1. The van der Waals surface area contributed by atoms with Gasteiger partial charge in [-0.2, -0.15) is 0 Å². The maximum atomic E-state index is 11.2. The van der Waals surface area contributed by atoms with Crippen molar-refractivity contribution in [2.75, 3.05) is 5.33 Å². The first-order chi connectivity index (χ1) is 7.85. The van der Waals surface area contributed by atoms with Gasteiger partial charge in [-0.3, -0.25) is 0 Å². The van der Waals surface area contributed by atoms with Gasteiger partial charge in [-0.05, 0) is 13.8 Å². The van der Waals surface area contributed by atoms with Gasteiger partial charge in [0.05, 0.1) is 0 Å². The molecule has 2 saturated heterocycles. The fourth-order valence-corrected chi connectivity index (χ4v) is 2.62. The minimum absolute atomic E-state index is 0.345. The number of halogens is 1. The van der Waals surface area contributed by atoms with Crippen molar-refractivity contribution in [3.8, 4) is 0 Å². The Hall–Kier alpha value is -0.210. The van der Waals surface area contributed by atoms with Crippen LogP contribution in [-0.4, -0.2) is 57.8 Å². The number of aliphatic hydroxyl groups excluding tert-OH is 2. The van der Waals surface area contributed by atoms with Crippen molar-refractivity contribution in [1.82, 2.24) is 0 Å². The Morgan fingerprint density at radius 3 is 2.41 bits per heavy atom. The Morgan fingerprint density at radius 2 is 1.94 bits per heavy atom. The Morgan fingerprint density at radius 1 is 1.29 bits per heavy atom. The van der Waals surface area contributed by atoms with E-state index >= 15 is 0 Å². The second kappa shape index (κ2) is 4.47. The fourth-order valence-electron chi connectivity index (χ4n) is 2.11. The summed E-state index contributed by atoms with van der Waals surface area (Å²) in [6.45, 7) is 3.48. The van der Waals surface area contributed by atoms with Crippen LogP contribution in [0.15, 0.2) is 0 Å². The van der Waals surface area contributed by atoms with Gasteiger partial charge in [0.25, 0.3) is 0 Å². The third-order valence-corrected chi connectivity index (χ3v) is 3.49. The lowest BCUT2D eigenvalue weighted by molar-refractivity contribution is -0.167. The molecule has 2 rings (SSSR count). The average molecular weight is 311 g/mol. The average Bonchev–Trinajstić information content (AvgIpc) is 2.70. The number of hydrogen-bond donors (Lipinski definition) is 2. The van der Waals surface area contributed by atoms with Gasteiger partial charge in [-0.1, -0.05) is 15.9 Å². The summed E-state index contributed by atoms with van der Waals surface area (Å²) >= 11 is 3.28. The van der Waals surface area contributed by atoms with Crippen molar-refractivity contribution in [2.45, 2.75) is 50.2 Å². The highest BCUT2D eigenvalue weighted by Gasteiger charge is 2.54. The monoisotopic (exact) mass is 310 g/mol. The Kier molecular flexibility index (Phi) is 3.48. The van der Waals surface area contributed by atoms with E-state index in [-0.39, 0.29) is 6.10 Å². The maximum Gasteiger partial charge on any atom is 0.338 e. The first-order valence-corrected chi connectivity index (χ1v) is 6.46. The summed E-state index contributed by atoms with van der Waals surface area (Å²) in [7, 11) is 0. The predicted octanol–water partition coefficient (Wildman–Crippen LogP) is -0.451. The molecule has 0 aromatic rings. The van der Waals surface area contributed by atoms with Crippen molar-refractivity contribution in [3.63, 3.8) is 0 Å². The largest absolute Gasteiger partial charge is 0.455 e. The molecule has 0 unspecified atom stereocenters. The number of alkyl halides is 1. The zero-order valence-corrected chi connectivity index (χ0v) is 11.1. The van der Waals surface area contributed by atoms with E-state index in [1.54, 1.807) is 13.8 Å². The quantitative estimate of drug-likeness (QED) is 0.531. The van der Waals surface area contributed by atoms with E-state index in [0.717, 1.165) is 0 Å². The molecule has 2 aliphatic heterocycles. The lowest BCUT2D eigenvalue weighted by atomic mass is 10.0. The van der Waals surface area contributed by atoms with Crippen LogP contribution in [0, 0.1) is 0 Å². The SMILES string of the molecule is CC1(C)O[C@@H]([C@@H]2OC(=O)[C@H](O)[C@H]2O)[C@@H](CBr)O1. The van der Waals surface area contributed by atoms with Gasteiger partial charge < -0.3 is 24.4 Å². The normalized spacial score (nSPS) is 45.0. The molecule has 17 heavy (non-hydrogen) atoms. The smallest absolute Gasteiger partial charge is 0.338 e. The third kappa shape index (κ3) is 2.34. The Labute approximate surface area is 107 Å². The number of esters is 1. The Bertz CT molecular complexity index is 320. The minimum Gasteiger partial charge on any atom is -0.455 e. The van der Waals surface area contributed by atoms with Crippen LogP contribution in [0.1, 0.15) is 13.8 Å². The number of hydrogen-bond acceptors (Lipinski definition) is 6. The summed E-state index contributed by atoms with van der Waals surface area (Å²) in [5.74, 6) is -1.63. The second-order valence-electron chi connectivity index (χ2n) is 4.63. The van der Waals surface area contributed by atoms with E-state index in [4.69, 9.17) is 14.2 Å². The second-order valence-corrected chi connectivity index (χ2v) is 5.28. The highest BCUT2D eigenvalue weighted by atomic mass is 79.9. The molecule has 0 aromatic carbocycles. The molecule has 7 heteroatoms. The standard InChI is InChI=1S/C10H15BrO6/c1-10(2)16-4(3-11)7(17-10)8-5(12)6(13)9(14)15-8/h4-8,12-13H,3H2,1-2H3/t4-,5-,6-,7-,8-/m1/s1. The molecule has 2 heterocycles. The van der Waals surface area contributed by atoms with Gasteiger partial charge in [0, 0.05) is 5.33 Å². The molecule has 0 spiro atoms. The fraction of sp³-hybridized carbons (Fsp3) is 0.900. The van der Waals surface area contributed by atoms with Crippen molar-refractivity contribution in [2.24, 2.45) is 0 Å². The van der Waals surface area contributed by atoms with Crippen LogP contribution in [0.2, 0.25) is 0 Å². The highest BCUT2D eigenvalue weighted by molar-refractivity contribution is 9.09. The van der Waals surface area contributed by atoms with Crippen LogP contribution in [0.5, 0.6) is 0 Å². The van der Waals surface area contributed by atoms with Gasteiger partial charge in [-0.25, -0.2) is 4.79 Å². The minimum atomic E-state index is -1.51. The number of ether oxygens (including phenoxy) is 3. The topological polar surface area (TPSA) is 85.2 Å². The number of aliphatic hydroxyl groups is 2. The molecule has 98 valence electrons. The number of cyclic esters (lactones) is 1. The van der Waals surface area contributed by atoms with Gasteiger partial charge in [0.15, 0.2) is 18.0 Å². The van der Waals surface area contributed by atoms with E-state index in [9.17, 15) is 15.0 Å². The van der Waals surface area contributed by atoms with Crippen molar-refractivity contribution in [3.05, 3.63) is 0 Å². The first-order valence-electron chi connectivity index (χ1n) is 5.34. The summed E-state index contributed by atoms with van der Waals surface area (Å²) in [6, 6.07) is 0. The van der Waals surface area contributed by atoms with Crippen LogP contribution in [-0.2, 0) is 19.0 Å². The summed E-state index contributed by atoms with van der Waals surface area (Å²) in [4.78, 5) is 11.2. The molecular formula is C10H15BrO6. The lowest BCUT2D eigenvalue weighted by Gasteiger charge is -2.23. The van der Waals surface area contributed by atoms with Crippen LogP contribution in [0.25, 0.3) is 0 Å². The number of carbonyl (C=O) groups excluding carboxylic acids is 1. The van der Waals surface area contributed by atoms with Crippen LogP contribution in [0.3, 0.4) is 0 Å². The van der Waals surface area contributed by atoms with Crippen molar-refractivity contribution in [1.29, 1.82) is 0 Å². The molecule has 0 aromatic heterocycles. The van der Waals surface area contributed by atoms with E-state index in [2.05, 4.69) is 15.9 Å². The molecule has 2 fully saturated rings. The predicted molar refractivity (Wildman–Crippen MR) is 59.5 cm³/mol. The van der Waals surface area contributed by atoms with E-state index < -0.39 is 36.2 Å². The summed E-state index contributed by atoms with van der Waals surface area (Å²) in [5.41, 5.74) is 0. The molecule has 2 aliphatic rings. The van der Waals surface area contributed by atoms with Gasteiger partial charge in [-0.15, -0.1) is 0 Å². The summed E-state index contributed by atoms with van der Waals surface area (Å²) < 4.78 is 16.1. The third-order valence-electron chi connectivity index (χ3n) is 2.85. The molecule has 2 N–H and O–H groups in total. The number of rotatable bonds is 2. The Balaban J connectivity index is 2.15. The van der Waals surface area contributed by atoms with Crippen molar-refractivity contribution < 1.29 is 29.2 Å². The molecule has 0 amide bonds. The molecule has 0 saturated carbocycles. The maximum absolute atomic E-state index is 11.2. The summed E-state index contributed by atoms with van der Waals surface area (Å²) in [5, 5.41) is 19.6. The summed E-state index contributed by atoms with van der Waals surface area (Å²) in [6.07, 6.45) is -4.64. The van der Waals surface area contributed by atoms with E-state index in [1.165, 1.54) is 0 Å². The molecule has 5 atom stereocenters. The molecule has 0 radical (unpaired) electrons. The van der Waals surface area contributed by atoms with E-state index in [1.807, 2.05) is 0 Å². The van der Waals surface area contributed by atoms with E-state index in [0.29, 0.717) is 5.33 Å². The molecule has 6 nitrogen and oxygen atoms in total. The first kappa shape index (κ1) is 13.2. The van der Waals surface area contributed by atoms with Gasteiger partial charge in [0.1, 0.15) is 18.3 Å². The zero-order valence-electron chi connectivity index (χ0n) is 9.50.